The first kappa shape index (κ1) is 8.76. The van der Waals surface area contributed by atoms with E-state index in [1.165, 1.54) is 35.9 Å². The monoisotopic (exact) mass is 198 g/mol. The third-order valence-electron chi connectivity index (χ3n) is 2.23. The fourth-order valence-corrected chi connectivity index (χ4v) is 3.47. The third kappa shape index (κ3) is 2.11. The second-order valence-corrected chi connectivity index (χ2v) is 5.35. The van der Waals surface area contributed by atoms with Gasteiger partial charge < -0.3 is 0 Å². The first-order chi connectivity index (χ1) is 5.97. The number of allylic oxidation sites excluding steroid dienone is 2. The van der Waals surface area contributed by atoms with Gasteiger partial charge in [0.1, 0.15) is 0 Å². The highest BCUT2D eigenvalue weighted by Crippen LogP contribution is 2.28. The summed E-state index contributed by atoms with van der Waals surface area (Å²) in [5.74, 6) is 5.16. The molecule has 2 heterocycles. The lowest BCUT2D eigenvalue weighted by Crippen LogP contribution is -2.05. The molecule has 0 bridgehead atoms. The molecule has 2 heteroatoms. The fourth-order valence-electron chi connectivity index (χ4n) is 1.56. The molecule has 2 rings (SSSR count). The molecule has 0 aromatic rings. The van der Waals surface area contributed by atoms with Gasteiger partial charge in [-0.3, -0.25) is 0 Å². The summed E-state index contributed by atoms with van der Waals surface area (Å²) in [4.78, 5) is 0. The molecule has 0 aromatic carbocycles. The van der Waals surface area contributed by atoms with E-state index in [0.717, 1.165) is 0 Å². The van der Waals surface area contributed by atoms with E-state index in [-0.39, 0.29) is 0 Å². The number of rotatable bonds is 1. The zero-order valence-corrected chi connectivity index (χ0v) is 8.85. The molecule has 0 aliphatic carbocycles. The molecule has 0 unspecified atom stereocenters. The van der Waals surface area contributed by atoms with E-state index in [1.54, 1.807) is 11.1 Å². The molecule has 12 heavy (non-hydrogen) atoms. The van der Waals surface area contributed by atoms with Crippen LogP contribution in [-0.2, 0) is 0 Å². The van der Waals surface area contributed by atoms with Crippen molar-refractivity contribution >= 4 is 23.5 Å². The van der Waals surface area contributed by atoms with Crippen molar-refractivity contribution < 1.29 is 0 Å². The molecule has 0 radical (unpaired) electrons. The van der Waals surface area contributed by atoms with Crippen LogP contribution in [0.25, 0.3) is 0 Å². The average molecular weight is 198 g/mol. The summed E-state index contributed by atoms with van der Waals surface area (Å²) in [6.07, 6.45) is 7.44. The summed E-state index contributed by atoms with van der Waals surface area (Å²) in [5, 5.41) is 0. The zero-order chi connectivity index (χ0) is 8.23. The van der Waals surface area contributed by atoms with E-state index >= 15 is 0 Å². The lowest BCUT2D eigenvalue weighted by molar-refractivity contribution is 1.13. The van der Waals surface area contributed by atoms with Gasteiger partial charge in [0.25, 0.3) is 0 Å². The topological polar surface area (TPSA) is 0 Å². The second-order valence-electron chi connectivity index (χ2n) is 3.14. The maximum atomic E-state index is 2.44. The van der Waals surface area contributed by atoms with Crippen LogP contribution >= 0.6 is 23.5 Å². The minimum absolute atomic E-state index is 1.26. The highest BCUT2D eigenvalue weighted by molar-refractivity contribution is 7.99. The standard InChI is InChI=1S/C10H14S2/c1-3-9(7-11-5-1)10-4-2-6-12-8-10/h3-4H,1-2,5-8H2. The Morgan fingerprint density at radius 3 is 1.67 bits per heavy atom. The van der Waals surface area contributed by atoms with Gasteiger partial charge in [-0.1, -0.05) is 12.2 Å². The fraction of sp³-hybridized carbons (Fsp3) is 0.600. The molecule has 0 nitrogen and oxygen atoms in total. The Hall–Kier alpha value is 0.180. The van der Waals surface area contributed by atoms with Crippen molar-refractivity contribution in [2.24, 2.45) is 0 Å². The average Bonchev–Trinajstić information content (AvgIpc) is 2.21. The van der Waals surface area contributed by atoms with Crippen molar-refractivity contribution in [3.63, 3.8) is 0 Å². The smallest absolute Gasteiger partial charge is 0.0184 e. The second kappa shape index (κ2) is 4.43. The number of hydrogen-bond acceptors (Lipinski definition) is 2. The van der Waals surface area contributed by atoms with Crippen LogP contribution in [0.15, 0.2) is 23.3 Å². The van der Waals surface area contributed by atoms with E-state index in [9.17, 15) is 0 Å². The van der Waals surface area contributed by atoms with Gasteiger partial charge in [0.15, 0.2) is 0 Å². The maximum Gasteiger partial charge on any atom is 0.0184 e. The summed E-state index contributed by atoms with van der Waals surface area (Å²) >= 11 is 4.16. The Labute approximate surface area is 82.9 Å². The van der Waals surface area contributed by atoms with Crippen LogP contribution in [0.4, 0.5) is 0 Å². The summed E-state index contributed by atoms with van der Waals surface area (Å²) in [6, 6.07) is 0. The molecule has 0 aromatic heterocycles. The minimum Gasteiger partial charge on any atom is -0.157 e. The number of thioether (sulfide) groups is 2. The SMILES string of the molecule is C1=C(C2=CCCSC2)CSCC1. The van der Waals surface area contributed by atoms with Crippen molar-refractivity contribution in [2.45, 2.75) is 12.8 Å². The van der Waals surface area contributed by atoms with Crippen molar-refractivity contribution in [2.75, 3.05) is 23.0 Å². The van der Waals surface area contributed by atoms with Crippen molar-refractivity contribution in [3.05, 3.63) is 23.3 Å². The van der Waals surface area contributed by atoms with Crippen LogP contribution in [0.1, 0.15) is 12.8 Å². The van der Waals surface area contributed by atoms with Crippen LogP contribution in [0, 0.1) is 0 Å². The molecular weight excluding hydrogens is 184 g/mol. The van der Waals surface area contributed by atoms with Gasteiger partial charge in [-0.2, -0.15) is 23.5 Å². The van der Waals surface area contributed by atoms with E-state index in [2.05, 4.69) is 35.7 Å². The quantitative estimate of drug-likeness (QED) is 0.635. The lowest BCUT2D eigenvalue weighted by Gasteiger charge is -2.18. The van der Waals surface area contributed by atoms with Crippen LogP contribution in [0.3, 0.4) is 0 Å². The highest BCUT2D eigenvalue weighted by Gasteiger charge is 2.11. The summed E-state index contributed by atoms with van der Waals surface area (Å²) < 4.78 is 0. The van der Waals surface area contributed by atoms with Crippen molar-refractivity contribution in [1.29, 1.82) is 0 Å². The van der Waals surface area contributed by atoms with Gasteiger partial charge in [0, 0.05) is 11.5 Å². The first-order valence-corrected chi connectivity index (χ1v) is 6.82. The summed E-state index contributed by atoms with van der Waals surface area (Å²) in [6.45, 7) is 0. The van der Waals surface area contributed by atoms with Gasteiger partial charge in [-0.25, -0.2) is 0 Å². The van der Waals surface area contributed by atoms with E-state index in [4.69, 9.17) is 0 Å². The molecule has 0 amide bonds. The highest BCUT2D eigenvalue weighted by atomic mass is 32.2. The predicted octanol–water partition coefficient (Wildman–Crippen LogP) is 3.11. The Balaban J connectivity index is 2.06. The van der Waals surface area contributed by atoms with Gasteiger partial charge in [0.05, 0.1) is 0 Å². The van der Waals surface area contributed by atoms with Crippen LogP contribution in [0.5, 0.6) is 0 Å². The van der Waals surface area contributed by atoms with Gasteiger partial charge in [0.2, 0.25) is 0 Å². The molecule has 66 valence electrons. The molecule has 2 aliphatic rings. The third-order valence-corrected chi connectivity index (χ3v) is 4.31. The van der Waals surface area contributed by atoms with E-state index < -0.39 is 0 Å². The van der Waals surface area contributed by atoms with E-state index in [0.29, 0.717) is 0 Å². The largest absolute Gasteiger partial charge is 0.157 e. The molecule has 0 atom stereocenters. The summed E-state index contributed by atoms with van der Waals surface area (Å²) in [7, 11) is 0. The predicted molar refractivity (Wildman–Crippen MR) is 60.1 cm³/mol. The Bertz CT molecular complexity index is 192. The van der Waals surface area contributed by atoms with Crippen LogP contribution < -0.4 is 0 Å². The Morgan fingerprint density at radius 2 is 1.33 bits per heavy atom. The normalized spacial score (nSPS) is 24.7. The van der Waals surface area contributed by atoms with Crippen molar-refractivity contribution in [1.82, 2.24) is 0 Å². The molecule has 0 fully saturated rings. The van der Waals surface area contributed by atoms with Crippen LogP contribution in [-0.4, -0.2) is 23.0 Å². The Morgan fingerprint density at radius 1 is 0.833 bits per heavy atom. The molecule has 2 aliphatic heterocycles. The summed E-state index contributed by atoms with van der Waals surface area (Å²) in [5.41, 5.74) is 3.25. The molecule has 0 N–H and O–H groups in total. The van der Waals surface area contributed by atoms with Crippen LogP contribution in [0.2, 0.25) is 0 Å². The molecule has 0 spiro atoms. The number of hydrogen-bond donors (Lipinski definition) is 0. The van der Waals surface area contributed by atoms with Crippen molar-refractivity contribution in [3.8, 4) is 0 Å². The molecule has 0 saturated carbocycles. The zero-order valence-electron chi connectivity index (χ0n) is 7.21. The molecular formula is C10H14S2. The molecule has 0 saturated heterocycles. The van der Waals surface area contributed by atoms with Gasteiger partial charge in [-0.05, 0) is 35.5 Å². The maximum absolute atomic E-state index is 2.44. The van der Waals surface area contributed by atoms with Gasteiger partial charge >= 0.3 is 0 Å². The van der Waals surface area contributed by atoms with E-state index in [1.807, 2.05) is 0 Å². The lowest BCUT2D eigenvalue weighted by atomic mass is 10.1. The Kier molecular flexibility index (Phi) is 3.23. The first-order valence-electron chi connectivity index (χ1n) is 4.51. The minimum atomic E-state index is 1.26. The van der Waals surface area contributed by atoms with Gasteiger partial charge in [-0.15, -0.1) is 0 Å².